The normalized spacial score (nSPS) is 22.4. The fraction of sp³-hybridized carbons (Fsp3) is 0.833. The van der Waals surface area contributed by atoms with Crippen LogP contribution in [-0.4, -0.2) is 59.7 Å². The van der Waals surface area contributed by atoms with E-state index >= 15 is 0 Å². The molecule has 0 saturated carbocycles. The van der Waals surface area contributed by atoms with Crippen molar-refractivity contribution in [3.63, 3.8) is 0 Å². The molecular formula is C12H23NO5S. The maximum Gasteiger partial charge on any atom is 0.411 e. The maximum absolute atomic E-state index is 11.8. The molecule has 0 aromatic heterocycles. The van der Waals surface area contributed by atoms with Crippen LogP contribution in [-0.2, 0) is 14.3 Å². The van der Waals surface area contributed by atoms with Gasteiger partial charge in [0.25, 0.3) is 0 Å². The summed E-state index contributed by atoms with van der Waals surface area (Å²) >= 11 is 3.53. The number of hydrogen-bond donors (Lipinski definition) is 2. The van der Waals surface area contributed by atoms with E-state index in [0.717, 1.165) is 0 Å². The van der Waals surface area contributed by atoms with Gasteiger partial charge in [-0.1, -0.05) is 0 Å². The number of likely N-dealkylation sites (tertiary alicyclic amines) is 1. The minimum absolute atomic E-state index is 0.0919. The summed E-state index contributed by atoms with van der Waals surface area (Å²) in [5.41, 5.74) is -0.634. The number of aliphatic hydroxyl groups excluding tert-OH is 1. The molecule has 1 heterocycles. The predicted octanol–water partition coefficient (Wildman–Crippen LogP) is 1.08. The van der Waals surface area contributed by atoms with E-state index < -0.39 is 29.8 Å². The Kier molecular flexibility index (Phi) is 7.21. The first-order valence-corrected chi connectivity index (χ1v) is 6.84. The van der Waals surface area contributed by atoms with Crippen molar-refractivity contribution in [1.82, 2.24) is 4.90 Å². The first kappa shape index (κ1) is 18.0. The average Bonchev–Trinajstić information content (AvgIpc) is 2.71. The maximum atomic E-state index is 11.8. The van der Waals surface area contributed by atoms with Gasteiger partial charge < -0.3 is 14.6 Å². The Morgan fingerprint density at radius 1 is 1.32 bits per heavy atom. The highest BCUT2D eigenvalue weighted by Gasteiger charge is 2.41. The molecule has 0 radical (unpaired) electrons. The third-order valence-corrected chi connectivity index (χ3v) is 2.38. The van der Waals surface area contributed by atoms with Crippen LogP contribution in [0.1, 0.15) is 27.2 Å². The Labute approximate surface area is 119 Å². The monoisotopic (exact) mass is 293 g/mol. The number of ether oxygens (including phenoxy) is 2. The van der Waals surface area contributed by atoms with Gasteiger partial charge in [-0.15, -0.1) is 0 Å². The molecule has 19 heavy (non-hydrogen) atoms. The van der Waals surface area contributed by atoms with Crippen LogP contribution in [0.25, 0.3) is 0 Å². The summed E-state index contributed by atoms with van der Waals surface area (Å²) in [6.07, 6.45) is 0.558. The summed E-state index contributed by atoms with van der Waals surface area (Å²) in [7, 11) is 1.25. The third-order valence-electron chi connectivity index (χ3n) is 2.38. The van der Waals surface area contributed by atoms with E-state index in [2.05, 4.69) is 17.4 Å². The van der Waals surface area contributed by atoms with E-state index in [1.165, 1.54) is 12.0 Å². The molecule has 6 nitrogen and oxygen atoms in total. The van der Waals surface area contributed by atoms with Gasteiger partial charge in [0.1, 0.15) is 11.6 Å². The zero-order valence-electron chi connectivity index (χ0n) is 12.0. The van der Waals surface area contributed by atoms with Gasteiger partial charge in [0.2, 0.25) is 0 Å². The van der Waals surface area contributed by atoms with Gasteiger partial charge in [-0.05, 0) is 27.0 Å². The van der Waals surface area contributed by atoms with Crippen LogP contribution in [0.2, 0.25) is 0 Å². The van der Waals surface area contributed by atoms with Gasteiger partial charge >= 0.3 is 12.1 Å². The van der Waals surface area contributed by atoms with Crippen molar-refractivity contribution in [2.75, 3.05) is 19.9 Å². The number of nitrogens with zero attached hydrogens (tertiary/aromatic N) is 1. The van der Waals surface area contributed by atoms with Crippen LogP contribution in [0.3, 0.4) is 0 Å². The lowest BCUT2D eigenvalue weighted by molar-refractivity contribution is -0.145. The van der Waals surface area contributed by atoms with Crippen LogP contribution in [0.15, 0.2) is 0 Å². The zero-order chi connectivity index (χ0) is 15.2. The van der Waals surface area contributed by atoms with Gasteiger partial charge in [-0.2, -0.15) is 12.6 Å². The Balaban J connectivity index is 0.00000154. The van der Waals surface area contributed by atoms with Gasteiger partial charge in [0.15, 0.2) is 0 Å². The van der Waals surface area contributed by atoms with Crippen LogP contribution < -0.4 is 0 Å². The van der Waals surface area contributed by atoms with Crippen molar-refractivity contribution in [1.29, 1.82) is 0 Å². The molecule has 0 bridgehead atoms. The molecule has 0 aliphatic carbocycles. The highest BCUT2D eigenvalue weighted by atomic mass is 32.1. The molecule has 2 atom stereocenters. The summed E-state index contributed by atoms with van der Waals surface area (Å²) in [6.45, 7) is 5.31. The molecule has 7 heteroatoms. The Bertz CT molecular complexity index is 316. The fourth-order valence-corrected chi connectivity index (χ4v) is 1.70. The molecule has 2 unspecified atom stereocenters. The van der Waals surface area contributed by atoms with E-state index in [1.54, 1.807) is 27.0 Å². The third kappa shape index (κ3) is 5.69. The second kappa shape index (κ2) is 7.59. The molecule has 1 N–H and O–H groups in total. The number of β-amino-alcohol motifs (C(OH)–C–C–N with tert-alkyl or cyclic N) is 1. The summed E-state index contributed by atoms with van der Waals surface area (Å²) in [5, 5.41) is 9.50. The second-order valence-corrected chi connectivity index (χ2v) is 5.06. The highest BCUT2D eigenvalue weighted by molar-refractivity contribution is 7.79. The lowest BCUT2D eigenvalue weighted by Gasteiger charge is -2.27. The van der Waals surface area contributed by atoms with Crippen molar-refractivity contribution in [3.8, 4) is 0 Å². The summed E-state index contributed by atoms with van der Waals surface area (Å²) in [6, 6.07) is -0.759. The second-order valence-electron chi connectivity index (χ2n) is 5.06. The molecule has 0 aromatic carbocycles. The van der Waals surface area contributed by atoms with Crippen molar-refractivity contribution in [2.45, 2.75) is 44.9 Å². The number of thiol groups is 1. The van der Waals surface area contributed by atoms with Crippen LogP contribution >= 0.6 is 12.6 Å². The van der Waals surface area contributed by atoms with E-state index in [1.807, 2.05) is 0 Å². The Morgan fingerprint density at radius 2 is 1.84 bits per heavy atom. The molecular weight excluding hydrogens is 270 g/mol. The fourth-order valence-electron chi connectivity index (χ4n) is 1.70. The quantitative estimate of drug-likeness (QED) is 0.559. The minimum Gasteiger partial charge on any atom is -0.467 e. The van der Waals surface area contributed by atoms with E-state index in [-0.39, 0.29) is 13.0 Å². The van der Waals surface area contributed by atoms with Gasteiger partial charge in [-0.3, -0.25) is 4.90 Å². The Morgan fingerprint density at radius 3 is 2.26 bits per heavy atom. The summed E-state index contributed by atoms with van der Waals surface area (Å²) < 4.78 is 9.76. The van der Waals surface area contributed by atoms with E-state index in [0.29, 0.717) is 0 Å². The van der Waals surface area contributed by atoms with Gasteiger partial charge in [0, 0.05) is 6.42 Å². The summed E-state index contributed by atoms with van der Waals surface area (Å²) in [4.78, 5) is 24.5. The standard InChI is InChI=1S/C11H19NO5.CH4S/c1-11(2,3)17-10(15)12-6-7(13)5-8(12)9(14)16-4;1-2/h7-8,13H,5-6H2,1-4H3;2H,1H3. The molecule has 0 spiro atoms. The molecule has 0 aromatic rings. The van der Waals surface area contributed by atoms with Crippen LogP contribution in [0.5, 0.6) is 0 Å². The van der Waals surface area contributed by atoms with Crippen molar-refractivity contribution in [3.05, 3.63) is 0 Å². The molecule has 1 fully saturated rings. The largest absolute Gasteiger partial charge is 0.467 e. The van der Waals surface area contributed by atoms with Crippen molar-refractivity contribution in [2.24, 2.45) is 0 Å². The average molecular weight is 293 g/mol. The lowest BCUT2D eigenvalue weighted by Crippen LogP contribution is -2.43. The van der Waals surface area contributed by atoms with Crippen molar-refractivity contribution >= 4 is 24.7 Å². The number of methoxy groups -OCH3 is 1. The number of amides is 1. The number of carbonyl (C=O) groups is 2. The first-order valence-electron chi connectivity index (χ1n) is 5.95. The number of esters is 1. The van der Waals surface area contributed by atoms with E-state index in [4.69, 9.17) is 4.74 Å². The van der Waals surface area contributed by atoms with E-state index in [9.17, 15) is 14.7 Å². The van der Waals surface area contributed by atoms with Gasteiger partial charge in [0.05, 0.1) is 19.8 Å². The molecule has 1 aliphatic rings. The molecule has 1 amide bonds. The van der Waals surface area contributed by atoms with Gasteiger partial charge in [-0.25, -0.2) is 9.59 Å². The SMILES string of the molecule is COC(=O)C1CC(O)CN1C(=O)OC(C)(C)C.CS. The number of aliphatic hydroxyl groups is 1. The van der Waals surface area contributed by atoms with Crippen molar-refractivity contribution < 1.29 is 24.2 Å². The smallest absolute Gasteiger partial charge is 0.411 e. The molecule has 112 valence electrons. The first-order chi connectivity index (χ1) is 8.74. The zero-order valence-corrected chi connectivity index (χ0v) is 12.9. The number of carbonyl (C=O) groups excluding carboxylic acids is 2. The summed E-state index contributed by atoms with van der Waals surface area (Å²) in [5.74, 6) is -0.535. The Hall–Kier alpha value is -0.950. The lowest BCUT2D eigenvalue weighted by atomic mass is 10.2. The molecule has 1 saturated heterocycles. The minimum atomic E-state index is -0.759. The topological polar surface area (TPSA) is 76.1 Å². The predicted molar refractivity (Wildman–Crippen MR) is 74.3 cm³/mol. The van der Waals surface area contributed by atoms with Crippen LogP contribution in [0, 0.1) is 0 Å². The number of rotatable bonds is 1. The molecule has 1 rings (SSSR count). The number of hydrogen-bond acceptors (Lipinski definition) is 6. The van der Waals surface area contributed by atoms with Crippen LogP contribution in [0.4, 0.5) is 4.79 Å². The molecule has 1 aliphatic heterocycles. The highest BCUT2D eigenvalue weighted by Crippen LogP contribution is 2.22.